The van der Waals surface area contributed by atoms with Gasteiger partial charge in [0.05, 0.1) is 6.04 Å². The number of nitrogens with one attached hydrogen (secondary N) is 1. The summed E-state index contributed by atoms with van der Waals surface area (Å²) in [5, 5.41) is 5.23. The van der Waals surface area contributed by atoms with Gasteiger partial charge in [-0.05, 0) is 41.8 Å². The van der Waals surface area contributed by atoms with Crippen LogP contribution in [0.3, 0.4) is 0 Å². The zero-order valence-electron chi connectivity index (χ0n) is 14.7. The highest BCUT2D eigenvalue weighted by molar-refractivity contribution is 6.30. The Hall–Kier alpha value is -1.06. The zero-order chi connectivity index (χ0) is 17.6. The van der Waals surface area contributed by atoms with Gasteiger partial charge in [0.15, 0.2) is 0 Å². The molecule has 3 rings (SSSR count). The van der Waals surface area contributed by atoms with E-state index in [1.807, 2.05) is 24.3 Å². The van der Waals surface area contributed by atoms with Gasteiger partial charge in [-0.3, -0.25) is 4.90 Å². The average molecular weight is 377 g/mol. The molecule has 1 N–H and O–H groups in total. The van der Waals surface area contributed by atoms with E-state index >= 15 is 0 Å². The lowest BCUT2D eigenvalue weighted by atomic mass is 9.95. The van der Waals surface area contributed by atoms with Crippen LogP contribution in [0.4, 0.5) is 0 Å². The highest BCUT2D eigenvalue weighted by Gasteiger charge is 2.27. The van der Waals surface area contributed by atoms with Crippen molar-refractivity contribution in [2.75, 3.05) is 19.6 Å². The molecule has 0 aliphatic carbocycles. The van der Waals surface area contributed by atoms with E-state index in [-0.39, 0.29) is 6.04 Å². The summed E-state index contributed by atoms with van der Waals surface area (Å²) in [4.78, 5) is 2.59. The third kappa shape index (κ3) is 4.98. The summed E-state index contributed by atoms with van der Waals surface area (Å²) in [7, 11) is 0. The minimum absolute atomic E-state index is 0.237. The molecular weight excluding hydrogens is 351 g/mol. The highest BCUT2D eigenvalue weighted by atomic mass is 35.5. The lowest BCUT2D eigenvalue weighted by molar-refractivity contribution is 0.158. The van der Waals surface area contributed by atoms with Crippen molar-refractivity contribution in [3.63, 3.8) is 0 Å². The minimum atomic E-state index is 0.237. The van der Waals surface area contributed by atoms with E-state index in [1.165, 1.54) is 30.4 Å². The maximum absolute atomic E-state index is 6.11. The van der Waals surface area contributed by atoms with E-state index in [0.29, 0.717) is 6.04 Å². The molecule has 0 amide bonds. The first-order valence-electron chi connectivity index (χ1n) is 9.15. The molecule has 1 saturated heterocycles. The van der Waals surface area contributed by atoms with Gasteiger partial charge in [0.25, 0.3) is 0 Å². The number of hydrogen-bond donors (Lipinski definition) is 1. The Morgan fingerprint density at radius 1 is 1.00 bits per heavy atom. The van der Waals surface area contributed by atoms with Crippen LogP contribution >= 0.6 is 23.2 Å². The molecule has 2 aromatic rings. The van der Waals surface area contributed by atoms with Crippen molar-refractivity contribution in [1.82, 2.24) is 10.2 Å². The van der Waals surface area contributed by atoms with Gasteiger partial charge in [-0.1, -0.05) is 67.2 Å². The topological polar surface area (TPSA) is 15.3 Å². The van der Waals surface area contributed by atoms with Crippen LogP contribution in [-0.4, -0.2) is 30.6 Å². The summed E-state index contributed by atoms with van der Waals surface area (Å²) in [6.07, 6.45) is 3.76. The minimum Gasteiger partial charge on any atom is -0.311 e. The van der Waals surface area contributed by atoms with Crippen molar-refractivity contribution >= 4 is 23.2 Å². The molecule has 2 aromatic carbocycles. The molecule has 1 atom stereocenters. The SMILES string of the molecule is CCCC[C@H]1CN(C(c2ccc(Cl)cc2)c2ccc(Cl)cc2)CCN1. The molecule has 1 aliphatic heterocycles. The molecule has 2 nitrogen and oxygen atoms in total. The Labute approximate surface area is 161 Å². The number of piperazine rings is 1. The Balaban J connectivity index is 1.87. The molecule has 0 bridgehead atoms. The molecule has 0 saturated carbocycles. The maximum atomic E-state index is 6.11. The first-order valence-corrected chi connectivity index (χ1v) is 9.91. The van der Waals surface area contributed by atoms with E-state index in [2.05, 4.69) is 41.4 Å². The maximum Gasteiger partial charge on any atom is 0.0602 e. The van der Waals surface area contributed by atoms with Crippen LogP contribution in [0.1, 0.15) is 43.4 Å². The van der Waals surface area contributed by atoms with Crippen LogP contribution in [-0.2, 0) is 0 Å². The van der Waals surface area contributed by atoms with Crippen molar-refractivity contribution in [2.45, 2.75) is 38.3 Å². The fourth-order valence-corrected chi connectivity index (χ4v) is 3.89. The summed E-state index contributed by atoms with van der Waals surface area (Å²) < 4.78 is 0. The molecule has 4 heteroatoms. The largest absolute Gasteiger partial charge is 0.311 e. The Morgan fingerprint density at radius 3 is 2.08 bits per heavy atom. The standard InChI is InChI=1S/C21H26Cl2N2/c1-2-3-4-20-15-25(14-13-24-20)21(16-5-9-18(22)10-6-16)17-7-11-19(23)12-8-17/h5-12,20-21,24H,2-4,13-15H2,1H3/t20-/m0/s1. The average Bonchev–Trinajstić information content (AvgIpc) is 2.64. The van der Waals surface area contributed by atoms with Gasteiger partial charge in [-0.2, -0.15) is 0 Å². The number of benzene rings is 2. The second kappa shape index (κ2) is 9.05. The summed E-state index contributed by atoms with van der Waals surface area (Å²) in [6, 6.07) is 17.3. The first kappa shape index (κ1) is 18.7. The molecule has 1 heterocycles. The number of nitrogens with zero attached hydrogens (tertiary/aromatic N) is 1. The fraction of sp³-hybridized carbons (Fsp3) is 0.429. The van der Waals surface area contributed by atoms with Crippen LogP contribution in [0.25, 0.3) is 0 Å². The van der Waals surface area contributed by atoms with Gasteiger partial charge >= 0.3 is 0 Å². The van der Waals surface area contributed by atoms with Crippen molar-refractivity contribution in [3.8, 4) is 0 Å². The van der Waals surface area contributed by atoms with Crippen LogP contribution < -0.4 is 5.32 Å². The molecule has 0 spiro atoms. The number of hydrogen-bond acceptors (Lipinski definition) is 2. The third-order valence-electron chi connectivity index (χ3n) is 4.93. The highest BCUT2D eigenvalue weighted by Crippen LogP contribution is 2.31. The van der Waals surface area contributed by atoms with Gasteiger partial charge in [0.2, 0.25) is 0 Å². The third-order valence-corrected chi connectivity index (χ3v) is 5.43. The van der Waals surface area contributed by atoms with Crippen molar-refractivity contribution < 1.29 is 0 Å². The Bertz CT molecular complexity index is 609. The molecule has 0 unspecified atom stereocenters. The Kier molecular flexibility index (Phi) is 6.77. The lowest BCUT2D eigenvalue weighted by Crippen LogP contribution is -2.51. The molecule has 1 fully saturated rings. The summed E-state index contributed by atoms with van der Waals surface area (Å²) in [5.74, 6) is 0. The number of unbranched alkanes of at least 4 members (excludes halogenated alkanes) is 1. The quantitative estimate of drug-likeness (QED) is 0.710. The van der Waals surface area contributed by atoms with E-state index in [4.69, 9.17) is 23.2 Å². The number of rotatable bonds is 6. The van der Waals surface area contributed by atoms with Crippen LogP contribution in [0.2, 0.25) is 10.0 Å². The van der Waals surface area contributed by atoms with Gasteiger partial charge < -0.3 is 5.32 Å². The first-order chi connectivity index (χ1) is 12.2. The predicted octanol–water partition coefficient (Wildman–Crippen LogP) is 5.55. The number of halogens is 2. The molecule has 25 heavy (non-hydrogen) atoms. The van der Waals surface area contributed by atoms with Gasteiger partial charge in [0.1, 0.15) is 0 Å². The van der Waals surface area contributed by atoms with Crippen LogP contribution in [0, 0.1) is 0 Å². The fourth-order valence-electron chi connectivity index (χ4n) is 3.63. The summed E-state index contributed by atoms with van der Waals surface area (Å²) in [6.45, 7) is 5.39. The van der Waals surface area contributed by atoms with Crippen LogP contribution in [0.5, 0.6) is 0 Å². The zero-order valence-corrected chi connectivity index (χ0v) is 16.2. The van der Waals surface area contributed by atoms with Crippen molar-refractivity contribution in [3.05, 3.63) is 69.7 Å². The normalized spacial score (nSPS) is 18.6. The molecule has 0 radical (unpaired) electrons. The Morgan fingerprint density at radius 2 is 1.56 bits per heavy atom. The molecule has 134 valence electrons. The lowest BCUT2D eigenvalue weighted by Gasteiger charge is -2.39. The smallest absolute Gasteiger partial charge is 0.0602 e. The second-order valence-electron chi connectivity index (χ2n) is 6.79. The van der Waals surface area contributed by atoms with E-state index < -0.39 is 0 Å². The molecular formula is C21H26Cl2N2. The van der Waals surface area contributed by atoms with E-state index in [1.54, 1.807) is 0 Å². The summed E-state index contributed by atoms with van der Waals surface area (Å²) >= 11 is 12.2. The monoisotopic (exact) mass is 376 g/mol. The second-order valence-corrected chi connectivity index (χ2v) is 7.67. The molecule has 1 aliphatic rings. The van der Waals surface area contributed by atoms with Crippen LogP contribution in [0.15, 0.2) is 48.5 Å². The van der Waals surface area contributed by atoms with Crippen molar-refractivity contribution in [2.24, 2.45) is 0 Å². The van der Waals surface area contributed by atoms with Gasteiger partial charge in [-0.15, -0.1) is 0 Å². The summed E-state index contributed by atoms with van der Waals surface area (Å²) in [5.41, 5.74) is 2.56. The van der Waals surface area contributed by atoms with Gasteiger partial charge in [-0.25, -0.2) is 0 Å². The van der Waals surface area contributed by atoms with Gasteiger partial charge in [0, 0.05) is 35.7 Å². The predicted molar refractivity (Wildman–Crippen MR) is 108 cm³/mol. The molecule has 0 aromatic heterocycles. The van der Waals surface area contributed by atoms with Crippen molar-refractivity contribution in [1.29, 1.82) is 0 Å². The van der Waals surface area contributed by atoms with E-state index in [0.717, 1.165) is 29.7 Å². The van der Waals surface area contributed by atoms with E-state index in [9.17, 15) is 0 Å².